The van der Waals surface area contributed by atoms with Crippen LogP contribution in [0.5, 0.6) is 0 Å². The molecule has 3 nitrogen and oxygen atoms in total. The molecule has 0 aliphatic carbocycles. The normalized spacial score (nSPS) is 11.9. The van der Waals surface area contributed by atoms with Crippen LogP contribution < -0.4 is 0 Å². The van der Waals surface area contributed by atoms with Gasteiger partial charge in [0.2, 0.25) is 0 Å². The predicted octanol–water partition coefficient (Wildman–Crippen LogP) is 2.40. The summed E-state index contributed by atoms with van der Waals surface area (Å²) in [5.74, 6) is 0. The third-order valence-electron chi connectivity index (χ3n) is 1.59. The summed E-state index contributed by atoms with van der Waals surface area (Å²) in [4.78, 5) is 0. The van der Waals surface area contributed by atoms with Gasteiger partial charge in [-0.15, -0.1) is 0 Å². The first kappa shape index (κ1) is 16.2. The van der Waals surface area contributed by atoms with Crippen molar-refractivity contribution in [1.29, 1.82) is 0 Å². The van der Waals surface area contributed by atoms with Gasteiger partial charge in [-0.25, -0.2) is 0 Å². The molecule has 0 saturated heterocycles. The van der Waals surface area contributed by atoms with Crippen LogP contribution in [-0.4, -0.2) is 40.5 Å². The van der Waals surface area contributed by atoms with Crippen molar-refractivity contribution in [2.75, 3.05) is 6.26 Å². The van der Waals surface area contributed by atoms with Gasteiger partial charge >= 0.3 is 112 Å². The Balaban J connectivity index is 5.09. The zero-order chi connectivity index (χ0) is 12.3. The van der Waals surface area contributed by atoms with Crippen molar-refractivity contribution in [2.45, 2.75) is 26.6 Å². The van der Waals surface area contributed by atoms with Gasteiger partial charge in [0.05, 0.1) is 0 Å². The molecule has 0 aromatic heterocycles. The molecular weight excluding hydrogens is 446 g/mol. The van der Waals surface area contributed by atoms with E-state index in [1.807, 2.05) is 13.0 Å². The van der Waals surface area contributed by atoms with Crippen LogP contribution >= 0.6 is 18.1 Å². The summed E-state index contributed by atoms with van der Waals surface area (Å²) in [6.07, 6.45) is 2.97. The van der Waals surface area contributed by atoms with E-state index in [9.17, 15) is 8.42 Å². The summed E-state index contributed by atoms with van der Waals surface area (Å²) >= 11 is -0.394. The molecule has 0 heterocycles. The molecule has 0 fully saturated rings. The number of halogens is 1. The van der Waals surface area contributed by atoms with Gasteiger partial charge in [-0.3, -0.25) is 0 Å². The minimum atomic E-state index is -3.31. The average molecular weight is 462 g/mol. The third-order valence-corrected chi connectivity index (χ3v) is 31.6. The Labute approximate surface area is 111 Å². The van der Waals surface area contributed by atoms with E-state index in [0.717, 1.165) is 6.26 Å². The molecule has 0 rings (SSSR count). The Morgan fingerprint density at radius 1 is 1.47 bits per heavy atom. The Hall–Kier alpha value is 1.25. The topological polar surface area (TPSA) is 43.4 Å². The van der Waals surface area contributed by atoms with Crippen LogP contribution in [0.3, 0.4) is 0 Å². The summed E-state index contributed by atoms with van der Waals surface area (Å²) in [6, 6.07) is 0. The Bertz CT molecular complexity index is 379. The maximum atomic E-state index is 11.1. The van der Waals surface area contributed by atoms with Crippen molar-refractivity contribution in [2.24, 2.45) is 0 Å². The van der Waals surface area contributed by atoms with Gasteiger partial charge in [-0.2, -0.15) is 0 Å². The molecule has 0 atom stereocenters. The Morgan fingerprint density at radius 2 is 1.93 bits per heavy atom. The fraction of sp³-hybridized carbons (Fsp3) is 0.625. The average Bonchev–Trinajstić information content (AvgIpc) is 1.93. The van der Waals surface area contributed by atoms with Crippen LogP contribution in [0.2, 0.25) is 19.6 Å². The van der Waals surface area contributed by atoms with Crippen molar-refractivity contribution < 1.29 is 10.7 Å². The van der Waals surface area contributed by atoms with Crippen LogP contribution in [0, 0.1) is 0 Å². The molecule has 0 aromatic carbocycles. The first-order valence-electron chi connectivity index (χ1n) is 4.52. The van der Waals surface area contributed by atoms with Gasteiger partial charge in [0.1, 0.15) is 0 Å². The minimum absolute atomic E-state index is 1.12. The SMILES string of the molecule is CC=C=[C]([In]([I])[O]S(C)(=O)=O)[Si](C)(C)C. The fourth-order valence-electron chi connectivity index (χ4n) is 0.980. The van der Waals surface area contributed by atoms with E-state index in [-0.39, 0.29) is 0 Å². The van der Waals surface area contributed by atoms with Gasteiger partial charge in [-0.05, 0) is 0 Å². The second-order valence-electron chi connectivity index (χ2n) is 4.21. The first-order valence-corrected chi connectivity index (χ1v) is 22.4. The third kappa shape index (κ3) is 7.22. The van der Waals surface area contributed by atoms with Gasteiger partial charge < -0.3 is 0 Å². The fourth-order valence-corrected chi connectivity index (χ4v) is 41.3. The van der Waals surface area contributed by atoms with E-state index in [1.165, 1.54) is 2.95 Å². The quantitative estimate of drug-likeness (QED) is 0.367. The van der Waals surface area contributed by atoms with Gasteiger partial charge in [0.25, 0.3) is 0 Å². The van der Waals surface area contributed by atoms with Crippen LogP contribution in [0.15, 0.2) is 14.8 Å². The second-order valence-corrected chi connectivity index (χ2v) is 25.2. The van der Waals surface area contributed by atoms with Crippen molar-refractivity contribution in [3.8, 4) is 0 Å². The molecule has 0 spiro atoms. The number of hydrogen-bond acceptors (Lipinski definition) is 3. The van der Waals surface area contributed by atoms with Crippen LogP contribution in [0.1, 0.15) is 6.92 Å². The van der Waals surface area contributed by atoms with Gasteiger partial charge in [0.15, 0.2) is 0 Å². The Kier molecular flexibility index (Phi) is 6.77. The molecule has 0 aliphatic rings. The van der Waals surface area contributed by atoms with Gasteiger partial charge in [-0.1, -0.05) is 0 Å². The van der Waals surface area contributed by atoms with E-state index in [2.05, 4.69) is 43.5 Å². The molecule has 0 saturated carbocycles. The van der Waals surface area contributed by atoms with Crippen LogP contribution in [-0.2, 0) is 12.4 Å². The van der Waals surface area contributed by atoms with Crippen molar-refractivity contribution in [3.63, 3.8) is 0 Å². The maximum absolute atomic E-state index is 11.1. The van der Waals surface area contributed by atoms with Crippen molar-refractivity contribution in [3.05, 3.63) is 14.8 Å². The molecule has 0 aliphatic heterocycles. The second kappa shape index (κ2) is 6.25. The summed E-state index contributed by atoms with van der Waals surface area (Å²) in [6.45, 7) is 8.46. The summed E-state index contributed by atoms with van der Waals surface area (Å²) in [5.41, 5.74) is 3.19. The van der Waals surface area contributed by atoms with Gasteiger partial charge in [0, 0.05) is 0 Å². The molecule has 0 unspecified atom stereocenters. The van der Waals surface area contributed by atoms with E-state index in [1.54, 1.807) is 0 Å². The van der Waals surface area contributed by atoms with Crippen LogP contribution in [0.25, 0.3) is 0 Å². The van der Waals surface area contributed by atoms with E-state index in [0.29, 0.717) is 0 Å². The summed E-state index contributed by atoms with van der Waals surface area (Å²) in [5, 5.41) is 0. The zero-order valence-corrected chi connectivity index (χ0v) is 16.9. The van der Waals surface area contributed by atoms with E-state index < -0.39 is 35.9 Å². The van der Waals surface area contributed by atoms with E-state index >= 15 is 0 Å². The monoisotopic (exact) mass is 462 g/mol. The molecular formula is C8H16IInO3SSi. The molecule has 0 bridgehead atoms. The molecule has 86 valence electrons. The number of hydrogen-bond donors (Lipinski definition) is 0. The molecule has 0 amide bonds. The standard InChI is InChI=1S/C7H13Si.CH4O3S.HI.In/c1-5-6-7-8(2,3)4;1-5(2,3)4;;/h5H,1-4H3;1H3,(H,2,3,4);1H;/q;;;+2/p-2. The summed E-state index contributed by atoms with van der Waals surface area (Å²) < 4.78 is 28.5. The van der Waals surface area contributed by atoms with Crippen LogP contribution in [0.4, 0.5) is 0 Å². The van der Waals surface area contributed by atoms with Crippen molar-refractivity contribution in [1.82, 2.24) is 0 Å². The molecule has 0 N–H and O–H groups in total. The number of allylic oxidation sites excluding steroid dienone is 1. The molecule has 0 aromatic rings. The van der Waals surface area contributed by atoms with Crippen molar-refractivity contribution >= 4 is 54.0 Å². The number of rotatable bonds is 4. The predicted molar refractivity (Wildman–Crippen MR) is 76.3 cm³/mol. The summed E-state index contributed by atoms with van der Waals surface area (Å²) in [7, 11) is -4.81. The van der Waals surface area contributed by atoms with E-state index in [4.69, 9.17) is 2.30 Å². The zero-order valence-electron chi connectivity index (χ0n) is 9.67. The molecule has 15 heavy (non-hydrogen) atoms. The first-order chi connectivity index (χ1) is 6.58. The molecule has 0 radical (unpaired) electrons. The Morgan fingerprint density at radius 3 is 2.20 bits per heavy atom. The molecule has 7 heteroatoms.